The summed E-state index contributed by atoms with van der Waals surface area (Å²) in [5, 5.41) is 0. The van der Waals surface area contributed by atoms with Crippen molar-refractivity contribution in [2.24, 2.45) is 0 Å². The lowest BCUT2D eigenvalue weighted by Crippen LogP contribution is -2.16. The Morgan fingerprint density at radius 1 is 1.35 bits per heavy atom. The van der Waals surface area contributed by atoms with Crippen molar-refractivity contribution in [2.75, 3.05) is 23.0 Å². The molecule has 1 unspecified atom stereocenters. The zero-order chi connectivity index (χ0) is 14.8. The topological polar surface area (TPSA) is 90.1 Å². The van der Waals surface area contributed by atoms with Crippen LogP contribution in [0.5, 0.6) is 0 Å². The number of hydrogen-bond donors (Lipinski definition) is 1. The molecule has 0 amide bonds. The third-order valence-corrected chi connectivity index (χ3v) is 7.47. The fraction of sp³-hybridized carbons (Fsp3) is 0.417. The fourth-order valence-electron chi connectivity index (χ4n) is 1.72. The molecule has 110 valence electrons. The van der Waals surface area contributed by atoms with Gasteiger partial charge >= 0.3 is 0 Å². The largest absolute Gasteiger partial charge is 0.399 e. The fourth-order valence-corrected chi connectivity index (χ4v) is 6.18. The molecule has 1 atom stereocenters. The highest BCUT2D eigenvalue weighted by atomic mass is 32.2. The van der Waals surface area contributed by atoms with Crippen LogP contribution in [0.3, 0.4) is 0 Å². The second-order valence-electron chi connectivity index (χ2n) is 4.41. The average molecular weight is 332 g/mol. The Morgan fingerprint density at radius 2 is 2.10 bits per heavy atom. The van der Waals surface area contributed by atoms with Crippen molar-refractivity contribution in [1.82, 2.24) is 4.98 Å². The number of hydrogen-bond acceptors (Lipinski definition) is 6. The number of rotatable bonds is 6. The Balaban J connectivity index is 2.12. The van der Waals surface area contributed by atoms with E-state index in [1.165, 1.54) is 11.3 Å². The van der Waals surface area contributed by atoms with Crippen LogP contribution in [0.1, 0.15) is 13.3 Å². The van der Waals surface area contributed by atoms with Crippen molar-refractivity contribution < 1.29 is 12.6 Å². The first-order valence-electron chi connectivity index (χ1n) is 6.16. The second-order valence-corrected chi connectivity index (χ2v) is 9.49. The van der Waals surface area contributed by atoms with Crippen molar-refractivity contribution >= 4 is 47.9 Å². The van der Waals surface area contributed by atoms with Gasteiger partial charge in [-0.1, -0.05) is 6.92 Å². The molecule has 0 aliphatic carbocycles. The van der Waals surface area contributed by atoms with Crippen LogP contribution in [0.25, 0.3) is 10.2 Å². The van der Waals surface area contributed by atoms with Gasteiger partial charge in [-0.25, -0.2) is 13.4 Å². The van der Waals surface area contributed by atoms with Crippen LogP contribution in [-0.4, -0.2) is 34.9 Å². The van der Waals surface area contributed by atoms with Gasteiger partial charge in [-0.15, -0.1) is 11.3 Å². The van der Waals surface area contributed by atoms with Gasteiger partial charge in [-0.3, -0.25) is 4.21 Å². The molecule has 1 heterocycles. The van der Waals surface area contributed by atoms with Crippen molar-refractivity contribution in [3.05, 3.63) is 18.2 Å². The van der Waals surface area contributed by atoms with E-state index in [1.54, 1.807) is 18.2 Å². The van der Waals surface area contributed by atoms with Gasteiger partial charge in [0.1, 0.15) is 0 Å². The summed E-state index contributed by atoms with van der Waals surface area (Å²) in [6.07, 6.45) is 0.579. The van der Waals surface area contributed by atoms with E-state index in [4.69, 9.17) is 5.73 Å². The zero-order valence-corrected chi connectivity index (χ0v) is 13.5. The van der Waals surface area contributed by atoms with E-state index >= 15 is 0 Å². The molecule has 2 N–H and O–H groups in total. The number of anilines is 1. The van der Waals surface area contributed by atoms with E-state index in [1.807, 2.05) is 6.92 Å². The summed E-state index contributed by atoms with van der Waals surface area (Å²) in [5.74, 6) is 0.170. The lowest BCUT2D eigenvalue weighted by Gasteiger charge is -2.00. The number of thiazole rings is 1. The maximum Gasteiger partial charge on any atom is 0.181 e. The molecule has 2 aromatic rings. The number of nitrogens with two attached hydrogens (primary N) is 1. The van der Waals surface area contributed by atoms with Crippen molar-refractivity contribution in [3.8, 4) is 0 Å². The predicted molar refractivity (Wildman–Crippen MR) is 84.3 cm³/mol. The summed E-state index contributed by atoms with van der Waals surface area (Å²) in [7, 11) is -4.49. The van der Waals surface area contributed by atoms with Gasteiger partial charge in [-0.05, 0) is 24.6 Å². The first kappa shape index (κ1) is 15.4. The van der Waals surface area contributed by atoms with Crippen LogP contribution in [0.4, 0.5) is 5.69 Å². The first-order valence-corrected chi connectivity index (χ1v) is 10.1. The van der Waals surface area contributed by atoms with Crippen LogP contribution < -0.4 is 5.73 Å². The summed E-state index contributed by atoms with van der Waals surface area (Å²) >= 11 is 1.30. The summed E-state index contributed by atoms with van der Waals surface area (Å²) in [5.41, 5.74) is 7.05. The van der Waals surface area contributed by atoms with Gasteiger partial charge in [0, 0.05) is 17.2 Å². The molecule has 0 saturated heterocycles. The quantitative estimate of drug-likeness (QED) is 0.815. The maximum atomic E-state index is 12.1. The summed E-state index contributed by atoms with van der Waals surface area (Å²) in [6.45, 7) is 1.81. The molecule has 20 heavy (non-hydrogen) atoms. The Labute approximate surface area is 124 Å². The van der Waals surface area contributed by atoms with E-state index < -0.39 is 20.6 Å². The predicted octanol–water partition coefficient (Wildman–Crippen LogP) is 1.81. The molecule has 2 rings (SSSR count). The van der Waals surface area contributed by atoms with Crippen LogP contribution in [0.15, 0.2) is 22.5 Å². The first-order chi connectivity index (χ1) is 9.41. The van der Waals surface area contributed by atoms with E-state index in [9.17, 15) is 12.6 Å². The Bertz CT molecular complexity index is 737. The lowest BCUT2D eigenvalue weighted by atomic mass is 10.3. The van der Waals surface area contributed by atoms with Crippen molar-refractivity contribution in [3.63, 3.8) is 0 Å². The standard InChI is InChI=1S/C12H16N2O3S3/c1-2-6-20(16,17)7-5-19(15)12-14-10-4-3-9(13)8-11(10)18-12/h3-4,8H,2,5-7,13H2,1H3. The lowest BCUT2D eigenvalue weighted by molar-refractivity contribution is 0.595. The van der Waals surface area contributed by atoms with Gasteiger partial charge < -0.3 is 5.73 Å². The molecule has 0 fully saturated rings. The molecular formula is C12H16N2O3S3. The molecular weight excluding hydrogens is 316 g/mol. The monoisotopic (exact) mass is 332 g/mol. The summed E-state index contributed by atoms with van der Waals surface area (Å²) < 4.78 is 36.7. The van der Waals surface area contributed by atoms with E-state index in [-0.39, 0.29) is 17.3 Å². The zero-order valence-electron chi connectivity index (χ0n) is 11.0. The van der Waals surface area contributed by atoms with E-state index in [0.29, 0.717) is 16.4 Å². The molecule has 1 aromatic heterocycles. The molecule has 5 nitrogen and oxygen atoms in total. The average Bonchev–Trinajstić information content (AvgIpc) is 2.79. The molecule has 0 aliphatic heterocycles. The number of nitrogens with zero attached hydrogens (tertiary/aromatic N) is 1. The number of fused-ring (bicyclic) bond motifs is 1. The highest BCUT2D eigenvalue weighted by Crippen LogP contribution is 2.26. The van der Waals surface area contributed by atoms with Gasteiger partial charge in [0.15, 0.2) is 14.2 Å². The highest BCUT2D eigenvalue weighted by Gasteiger charge is 2.15. The number of aromatic nitrogens is 1. The molecule has 0 aliphatic rings. The van der Waals surface area contributed by atoms with Crippen molar-refractivity contribution in [2.45, 2.75) is 17.7 Å². The molecule has 8 heteroatoms. The SMILES string of the molecule is CCCS(=O)(=O)CCS(=O)c1nc2ccc(N)cc2s1. The highest BCUT2D eigenvalue weighted by molar-refractivity contribution is 7.93. The Morgan fingerprint density at radius 3 is 2.80 bits per heavy atom. The van der Waals surface area contributed by atoms with Gasteiger partial charge in [-0.2, -0.15) is 0 Å². The van der Waals surface area contributed by atoms with E-state index in [2.05, 4.69) is 4.98 Å². The number of sulfone groups is 1. The number of nitrogen functional groups attached to an aromatic ring is 1. The normalized spacial score (nSPS) is 13.7. The van der Waals surface area contributed by atoms with E-state index in [0.717, 1.165) is 10.2 Å². The van der Waals surface area contributed by atoms with Crippen molar-refractivity contribution in [1.29, 1.82) is 0 Å². The molecule has 0 bridgehead atoms. The Kier molecular flexibility index (Phi) is 4.77. The third kappa shape index (κ3) is 3.77. The minimum Gasteiger partial charge on any atom is -0.399 e. The molecule has 0 radical (unpaired) electrons. The molecule has 1 aromatic carbocycles. The van der Waals surface area contributed by atoms with Crippen LogP contribution in [-0.2, 0) is 20.6 Å². The Hall–Kier alpha value is -0.990. The molecule has 0 spiro atoms. The maximum absolute atomic E-state index is 12.1. The minimum atomic E-state index is -3.11. The third-order valence-electron chi connectivity index (χ3n) is 2.68. The van der Waals surface area contributed by atoms with Gasteiger partial charge in [0.2, 0.25) is 0 Å². The minimum absolute atomic E-state index is 0.0640. The summed E-state index contributed by atoms with van der Waals surface area (Å²) in [4.78, 5) is 4.27. The second kappa shape index (κ2) is 6.19. The van der Waals surface area contributed by atoms with Gasteiger partial charge in [0.25, 0.3) is 0 Å². The molecule has 0 saturated carbocycles. The number of benzene rings is 1. The summed E-state index contributed by atoms with van der Waals surface area (Å²) in [6, 6.07) is 5.29. The van der Waals surface area contributed by atoms with Crippen LogP contribution in [0.2, 0.25) is 0 Å². The van der Waals surface area contributed by atoms with Crippen LogP contribution in [0, 0.1) is 0 Å². The van der Waals surface area contributed by atoms with Gasteiger partial charge in [0.05, 0.1) is 26.8 Å². The smallest absolute Gasteiger partial charge is 0.181 e. The van der Waals surface area contributed by atoms with Crippen LogP contribution >= 0.6 is 11.3 Å².